The number of aromatic hydroxyl groups is 1. The van der Waals surface area contributed by atoms with E-state index in [4.69, 9.17) is 4.74 Å². The van der Waals surface area contributed by atoms with Crippen LogP contribution in [0.4, 0.5) is 5.69 Å². The first-order valence-electron chi connectivity index (χ1n) is 9.66. The number of hydrogen-bond donors (Lipinski definition) is 1. The number of phenolic OH excluding ortho intramolecular Hbond substituents is 1. The summed E-state index contributed by atoms with van der Waals surface area (Å²) in [5.74, 6) is 0.511. The van der Waals surface area contributed by atoms with E-state index in [1.54, 1.807) is 6.07 Å². The highest BCUT2D eigenvalue weighted by Gasteiger charge is 2.44. The van der Waals surface area contributed by atoms with E-state index in [0.717, 1.165) is 37.2 Å². The predicted molar refractivity (Wildman–Crippen MR) is 105 cm³/mol. The average molecular weight is 366 g/mol. The Kier molecular flexibility index (Phi) is 5.03. The lowest BCUT2D eigenvalue weighted by Crippen LogP contribution is -2.56. The van der Waals surface area contributed by atoms with Crippen molar-refractivity contribution in [2.45, 2.75) is 18.3 Å². The molecule has 0 unspecified atom stereocenters. The van der Waals surface area contributed by atoms with Gasteiger partial charge in [0.05, 0.1) is 11.1 Å². The van der Waals surface area contributed by atoms with E-state index >= 15 is 0 Å². The Labute approximate surface area is 160 Å². The average Bonchev–Trinajstić information content (AvgIpc) is 2.75. The van der Waals surface area contributed by atoms with E-state index in [9.17, 15) is 9.90 Å². The van der Waals surface area contributed by atoms with Gasteiger partial charge in [-0.2, -0.15) is 0 Å². The number of carbonyl (C=O) groups is 1. The van der Waals surface area contributed by atoms with E-state index in [-0.39, 0.29) is 5.91 Å². The standard InChI is InChI=1S/C22H26N2O3/c25-20-9-5-4-8-19(20)23-12-14-24(15-13-23)21(26)22(10-16-27-17-11-22)18-6-2-1-3-7-18/h1-9,25H,10-17H2. The summed E-state index contributed by atoms with van der Waals surface area (Å²) in [5.41, 5.74) is 1.46. The second kappa shape index (κ2) is 7.61. The summed E-state index contributed by atoms with van der Waals surface area (Å²) in [6, 6.07) is 17.5. The molecule has 5 nitrogen and oxygen atoms in total. The van der Waals surface area contributed by atoms with Crippen molar-refractivity contribution in [3.05, 3.63) is 60.2 Å². The predicted octanol–water partition coefficient (Wildman–Crippen LogP) is 2.79. The van der Waals surface area contributed by atoms with Gasteiger partial charge in [-0.3, -0.25) is 4.79 Å². The zero-order valence-corrected chi connectivity index (χ0v) is 15.5. The Morgan fingerprint density at radius 2 is 1.52 bits per heavy atom. The number of para-hydroxylation sites is 2. The number of ether oxygens (including phenoxy) is 1. The van der Waals surface area contributed by atoms with Gasteiger partial charge in [0.25, 0.3) is 0 Å². The Hall–Kier alpha value is -2.53. The molecule has 0 aliphatic carbocycles. The fourth-order valence-corrected chi connectivity index (χ4v) is 4.29. The number of anilines is 1. The van der Waals surface area contributed by atoms with Crippen molar-refractivity contribution >= 4 is 11.6 Å². The van der Waals surface area contributed by atoms with E-state index in [1.807, 2.05) is 41.3 Å². The first-order chi connectivity index (χ1) is 13.2. The minimum atomic E-state index is -0.476. The SMILES string of the molecule is O=C(N1CCN(c2ccccc2O)CC1)C1(c2ccccc2)CCOCC1. The second-order valence-electron chi connectivity index (χ2n) is 7.33. The number of carbonyl (C=O) groups excluding carboxylic acids is 1. The van der Waals surface area contributed by atoms with Gasteiger partial charge in [0, 0.05) is 39.4 Å². The lowest BCUT2D eigenvalue weighted by molar-refractivity contribution is -0.141. The molecule has 0 radical (unpaired) electrons. The van der Waals surface area contributed by atoms with Gasteiger partial charge in [0.2, 0.25) is 5.91 Å². The highest BCUT2D eigenvalue weighted by Crippen LogP contribution is 2.37. The Bertz CT molecular complexity index is 779. The Balaban J connectivity index is 1.51. The highest BCUT2D eigenvalue weighted by molar-refractivity contribution is 5.88. The summed E-state index contributed by atoms with van der Waals surface area (Å²) in [5, 5.41) is 10.1. The number of rotatable bonds is 3. The third-order valence-corrected chi connectivity index (χ3v) is 5.87. The van der Waals surface area contributed by atoms with Gasteiger partial charge in [-0.15, -0.1) is 0 Å². The van der Waals surface area contributed by atoms with Gasteiger partial charge in [-0.25, -0.2) is 0 Å². The van der Waals surface area contributed by atoms with Crippen LogP contribution in [0.2, 0.25) is 0 Å². The number of phenols is 1. The summed E-state index contributed by atoms with van der Waals surface area (Å²) < 4.78 is 5.57. The first kappa shape index (κ1) is 17.9. The summed E-state index contributed by atoms with van der Waals surface area (Å²) >= 11 is 0. The zero-order chi connectivity index (χ0) is 18.7. The largest absolute Gasteiger partial charge is 0.506 e. The third kappa shape index (κ3) is 3.39. The van der Waals surface area contributed by atoms with Crippen molar-refractivity contribution in [1.82, 2.24) is 4.90 Å². The second-order valence-corrected chi connectivity index (χ2v) is 7.33. The molecule has 142 valence electrons. The molecule has 5 heteroatoms. The van der Waals surface area contributed by atoms with E-state index in [2.05, 4.69) is 17.0 Å². The van der Waals surface area contributed by atoms with Crippen LogP contribution < -0.4 is 4.90 Å². The molecule has 1 N–H and O–H groups in total. The van der Waals surface area contributed by atoms with Crippen LogP contribution >= 0.6 is 0 Å². The summed E-state index contributed by atoms with van der Waals surface area (Å²) in [4.78, 5) is 17.7. The quantitative estimate of drug-likeness (QED) is 0.908. The van der Waals surface area contributed by atoms with Crippen LogP contribution in [0.5, 0.6) is 5.75 Å². The van der Waals surface area contributed by atoms with Crippen LogP contribution in [0.3, 0.4) is 0 Å². The molecule has 2 aliphatic heterocycles. The van der Waals surface area contributed by atoms with E-state index < -0.39 is 5.41 Å². The van der Waals surface area contributed by atoms with Crippen molar-refractivity contribution in [3.8, 4) is 5.75 Å². The van der Waals surface area contributed by atoms with Crippen LogP contribution in [-0.2, 0) is 14.9 Å². The molecule has 0 aromatic heterocycles. The maximum atomic E-state index is 13.6. The molecular formula is C22H26N2O3. The molecule has 0 atom stereocenters. The maximum absolute atomic E-state index is 13.6. The molecule has 0 saturated carbocycles. The normalized spacial score (nSPS) is 19.7. The number of piperazine rings is 1. The molecule has 2 saturated heterocycles. The molecule has 2 aromatic rings. The van der Waals surface area contributed by atoms with Crippen molar-refractivity contribution in [2.24, 2.45) is 0 Å². The smallest absolute Gasteiger partial charge is 0.233 e. The number of amides is 1. The summed E-state index contributed by atoms with van der Waals surface area (Å²) in [6.07, 6.45) is 1.46. The minimum absolute atomic E-state index is 0.217. The topological polar surface area (TPSA) is 53.0 Å². The minimum Gasteiger partial charge on any atom is -0.506 e. The van der Waals surface area contributed by atoms with Crippen LogP contribution in [-0.4, -0.2) is 55.3 Å². The molecule has 0 spiro atoms. The lowest BCUT2D eigenvalue weighted by Gasteiger charge is -2.43. The van der Waals surface area contributed by atoms with Gasteiger partial charge >= 0.3 is 0 Å². The molecule has 27 heavy (non-hydrogen) atoms. The summed E-state index contributed by atoms with van der Waals surface area (Å²) in [6.45, 7) is 4.04. The maximum Gasteiger partial charge on any atom is 0.233 e. The Morgan fingerprint density at radius 1 is 0.889 bits per heavy atom. The zero-order valence-electron chi connectivity index (χ0n) is 15.5. The molecular weight excluding hydrogens is 340 g/mol. The van der Waals surface area contributed by atoms with Gasteiger partial charge in [0.1, 0.15) is 5.75 Å². The molecule has 0 bridgehead atoms. The van der Waals surface area contributed by atoms with Crippen LogP contribution in [0.1, 0.15) is 18.4 Å². The van der Waals surface area contributed by atoms with Crippen molar-refractivity contribution in [1.29, 1.82) is 0 Å². The van der Waals surface area contributed by atoms with Crippen LogP contribution in [0.15, 0.2) is 54.6 Å². The van der Waals surface area contributed by atoms with E-state index in [1.165, 1.54) is 0 Å². The number of benzene rings is 2. The molecule has 4 rings (SSSR count). The van der Waals surface area contributed by atoms with Gasteiger partial charge < -0.3 is 19.6 Å². The van der Waals surface area contributed by atoms with Crippen molar-refractivity contribution in [2.75, 3.05) is 44.3 Å². The third-order valence-electron chi connectivity index (χ3n) is 5.87. The molecule has 1 amide bonds. The van der Waals surface area contributed by atoms with Crippen molar-refractivity contribution < 1.29 is 14.6 Å². The lowest BCUT2D eigenvalue weighted by atomic mass is 9.73. The fourth-order valence-electron chi connectivity index (χ4n) is 4.29. The molecule has 2 fully saturated rings. The molecule has 2 aliphatic rings. The van der Waals surface area contributed by atoms with Crippen LogP contribution in [0, 0.1) is 0 Å². The summed E-state index contributed by atoms with van der Waals surface area (Å²) in [7, 11) is 0. The molecule has 2 aromatic carbocycles. The molecule has 2 heterocycles. The monoisotopic (exact) mass is 366 g/mol. The van der Waals surface area contributed by atoms with Gasteiger partial charge in [-0.05, 0) is 30.5 Å². The highest BCUT2D eigenvalue weighted by atomic mass is 16.5. The van der Waals surface area contributed by atoms with Crippen molar-refractivity contribution in [3.63, 3.8) is 0 Å². The van der Waals surface area contributed by atoms with Gasteiger partial charge in [-0.1, -0.05) is 42.5 Å². The number of hydrogen-bond acceptors (Lipinski definition) is 4. The first-order valence-corrected chi connectivity index (χ1v) is 9.66. The Morgan fingerprint density at radius 3 is 2.19 bits per heavy atom. The van der Waals surface area contributed by atoms with Gasteiger partial charge in [0.15, 0.2) is 0 Å². The van der Waals surface area contributed by atoms with E-state index in [0.29, 0.717) is 32.1 Å². The number of nitrogens with zero attached hydrogens (tertiary/aromatic N) is 2. The van der Waals surface area contributed by atoms with Crippen LogP contribution in [0.25, 0.3) is 0 Å². The fraction of sp³-hybridized carbons (Fsp3) is 0.409.